The van der Waals surface area contributed by atoms with Gasteiger partial charge in [0.05, 0.1) is 7.11 Å². The molecule has 1 aromatic heterocycles. The number of hydrogen-bond acceptors (Lipinski definition) is 5. The molecule has 3 aromatic rings. The molecule has 3 rings (SSSR count). The maximum atomic E-state index is 12.0. The monoisotopic (exact) mass is 365 g/mol. The molecule has 0 saturated heterocycles. The second-order valence-corrected chi connectivity index (χ2v) is 6.27. The molecule has 0 unspecified atom stereocenters. The summed E-state index contributed by atoms with van der Waals surface area (Å²) < 4.78 is 10.4. The summed E-state index contributed by atoms with van der Waals surface area (Å²) in [7, 11) is 1.63. The first-order valence-electron chi connectivity index (χ1n) is 8.94. The van der Waals surface area contributed by atoms with Gasteiger partial charge in [0.1, 0.15) is 5.75 Å². The first kappa shape index (κ1) is 18.6. The van der Waals surface area contributed by atoms with E-state index in [9.17, 15) is 4.79 Å². The Labute approximate surface area is 158 Å². The molecule has 0 spiro atoms. The van der Waals surface area contributed by atoms with Gasteiger partial charge in [-0.1, -0.05) is 41.6 Å². The highest BCUT2D eigenvalue weighted by atomic mass is 16.5. The van der Waals surface area contributed by atoms with Crippen molar-refractivity contribution >= 4 is 5.91 Å². The fourth-order valence-electron chi connectivity index (χ4n) is 2.74. The molecule has 0 aliphatic carbocycles. The zero-order chi connectivity index (χ0) is 19.1. The molecule has 1 heterocycles. The summed E-state index contributed by atoms with van der Waals surface area (Å²) in [6, 6.07) is 15.6. The van der Waals surface area contributed by atoms with Crippen LogP contribution in [0.2, 0.25) is 0 Å². The number of aromatic nitrogens is 2. The van der Waals surface area contributed by atoms with Crippen LogP contribution in [0.25, 0.3) is 11.4 Å². The Balaban J connectivity index is 1.43. The molecule has 6 nitrogen and oxygen atoms in total. The summed E-state index contributed by atoms with van der Waals surface area (Å²) in [6.07, 6.45) is 1.63. The molecule has 1 amide bonds. The molecule has 0 atom stereocenters. The molecule has 1 N–H and O–H groups in total. The highest BCUT2D eigenvalue weighted by Crippen LogP contribution is 2.19. The number of nitrogens with zero attached hydrogens (tertiary/aromatic N) is 2. The van der Waals surface area contributed by atoms with Gasteiger partial charge in [-0.2, -0.15) is 4.98 Å². The van der Waals surface area contributed by atoms with Gasteiger partial charge in [-0.3, -0.25) is 4.79 Å². The molecule has 0 bridgehead atoms. The van der Waals surface area contributed by atoms with Crippen LogP contribution in [0.5, 0.6) is 5.75 Å². The molecule has 0 saturated carbocycles. The van der Waals surface area contributed by atoms with E-state index in [4.69, 9.17) is 9.26 Å². The molecular weight excluding hydrogens is 342 g/mol. The average Bonchev–Trinajstić information content (AvgIpc) is 3.16. The van der Waals surface area contributed by atoms with Gasteiger partial charge in [0.25, 0.3) is 0 Å². The predicted octanol–water partition coefficient (Wildman–Crippen LogP) is 3.35. The zero-order valence-corrected chi connectivity index (χ0v) is 15.6. The number of methoxy groups -OCH3 is 1. The van der Waals surface area contributed by atoms with E-state index in [0.717, 1.165) is 22.4 Å². The topological polar surface area (TPSA) is 77.2 Å². The number of aryl methyl sites for hydroxylation is 2. The van der Waals surface area contributed by atoms with E-state index < -0.39 is 0 Å². The smallest absolute Gasteiger partial charge is 0.228 e. The Kier molecular flexibility index (Phi) is 6.20. The second kappa shape index (κ2) is 8.98. The zero-order valence-electron chi connectivity index (χ0n) is 15.6. The normalized spacial score (nSPS) is 10.6. The Morgan fingerprint density at radius 2 is 1.89 bits per heavy atom. The van der Waals surface area contributed by atoms with Crippen LogP contribution in [0.15, 0.2) is 53.1 Å². The second-order valence-electron chi connectivity index (χ2n) is 6.27. The van der Waals surface area contributed by atoms with E-state index in [1.807, 2.05) is 55.5 Å². The molecule has 6 heteroatoms. The van der Waals surface area contributed by atoms with Crippen molar-refractivity contribution in [3.8, 4) is 17.1 Å². The number of carbonyl (C=O) groups excluding carboxylic acids is 1. The van der Waals surface area contributed by atoms with Gasteiger partial charge in [-0.25, -0.2) is 0 Å². The van der Waals surface area contributed by atoms with E-state index in [1.165, 1.54) is 0 Å². The van der Waals surface area contributed by atoms with Crippen LogP contribution in [-0.4, -0.2) is 29.7 Å². The number of rotatable bonds is 8. The largest absolute Gasteiger partial charge is 0.497 e. The number of benzene rings is 2. The van der Waals surface area contributed by atoms with Crippen LogP contribution in [0.3, 0.4) is 0 Å². The van der Waals surface area contributed by atoms with E-state index in [1.54, 1.807) is 7.11 Å². The maximum absolute atomic E-state index is 12.0. The van der Waals surface area contributed by atoms with Crippen molar-refractivity contribution in [2.75, 3.05) is 13.7 Å². The van der Waals surface area contributed by atoms with E-state index in [2.05, 4.69) is 15.5 Å². The van der Waals surface area contributed by atoms with Crippen LogP contribution >= 0.6 is 0 Å². The van der Waals surface area contributed by atoms with Crippen molar-refractivity contribution in [2.45, 2.75) is 26.2 Å². The van der Waals surface area contributed by atoms with Crippen molar-refractivity contribution in [1.82, 2.24) is 15.5 Å². The van der Waals surface area contributed by atoms with Crippen molar-refractivity contribution in [2.24, 2.45) is 0 Å². The van der Waals surface area contributed by atoms with Gasteiger partial charge in [0.15, 0.2) is 0 Å². The van der Waals surface area contributed by atoms with Crippen molar-refractivity contribution in [3.63, 3.8) is 0 Å². The summed E-state index contributed by atoms with van der Waals surface area (Å²) in [5.74, 6) is 1.91. The third kappa shape index (κ3) is 5.17. The summed E-state index contributed by atoms with van der Waals surface area (Å²) in [5, 5.41) is 6.92. The molecule has 0 radical (unpaired) electrons. The Bertz CT molecular complexity index is 888. The standard InChI is InChI=1S/C21H23N3O3/c1-15-5-3-4-6-18(15)21-23-20(27-24-21)13-14-22-19(25)12-9-16-7-10-17(26-2)11-8-16/h3-8,10-11H,9,12-14H2,1-2H3,(H,22,25). The summed E-state index contributed by atoms with van der Waals surface area (Å²) in [4.78, 5) is 16.4. The number of nitrogens with one attached hydrogen (secondary N) is 1. The molecule has 2 aromatic carbocycles. The van der Waals surface area contributed by atoms with E-state index in [0.29, 0.717) is 37.5 Å². The van der Waals surface area contributed by atoms with Crippen LogP contribution in [0.4, 0.5) is 0 Å². The minimum Gasteiger partial charge on any atom is -0.497 e. The van der Waals surface area contributed by atoms with Crippen molar-refractivity contribution in [3.05, 3.63) is 65.5 Å². The fraction of sp³-hybridized carbons (Fsp3) is 0.286. The lowest BCUT2D eigenvalue weighted by Gasteiger charge is -2.05. The summed E-state index contributed by atoms with van der Waals surface area (Å²) in [5.41, 5.74) is 3.15. The van der Waals surface area contributed by atoms with Crippen LogP contribution in [0.1, 0.15) is 23.4 Å². The third-order valence-electron chi connectivity index (χ3n) is 4.31. The summed E-state index contributed by atoms with van der Waals surface area (Å²) in [6.45, 7) is 2.48. The van der Waals surface area contributed by atoms with Gasteiger partial charge in [-0.15, -0.1) is 0 Å². The Hall–Kier alpha value is -3.15. The van der Waals surface area contributed by atoms with E-state index in [-0.39, 0.29) is 5.91 Å². The fourth-order valence-corrected chi connectivity index (χ4v) is 2.74. The molecular formula is C21H23N3O3. The van der Waals surface area contributed by atoms with Gasteiger partial charge in [-0.05, 0) is 36.6 Å². The predicted molar refractivity (Wildman–Crippen MR) is 102 cm³/mol. The van der Waals surface area contributed by atoms with Gasteiger partial charge < -0.3 is 14.6 Å². The minimum absolute atomic E-state index is 0.00413. The molecule has 0 aliphatic heterocycles. The minimum atomic E-state index is 0.00413. The van der Waals surface area contributed by atoms with Crippen molar-refractivity contribution in [1.29, 1.82) is 0 Å². The van der Waals surface area contributed by atoms with Crippen LogP contribution < -0.4 is 10.1 Å². The molecule has 0 fully saturated rings. The number of hydrogen-bond donors (Lipinski definition) is 1. The first-order valence-corrected chi connectivity index (χ1v) is 8.94. The van der Waals surface area contributed by atoms with Gasteiger partial charge in [0, 0.05) is 24.9 Å². The quantitative estimate of drug-likeness (QED) is 0.662. The lowest BCUT2D eigenvalue weighted by molar-refractivity contribution is -0.121. The molecule has 140 valence electrons. The lowest BCUT2D eigenvalue weighted by atomic mass is 10.1. The average molecular weight is 365 g/mol. The Morgan fingerprint density at radius 1 is 1.11 bits per heavy atom. The third-order valence-corrected chi connectivity index (χ3v) is 4.31. The van der Waals surface area contributed by atoms with Crippen molar-refractivity contribution < 1.29 is 14.1 Å². The highest BCUT2D eigenvalue weighted by molar-refractivity contribution is 5.76. The molecule has 27 heavy (non-hydrogen) atoms. The maximum Gasteiger partial charge on any atom is 0.228 e. The van der Waals surface area contributed by atoms with E-state index >= 15 is 0 Å². The highest BCUT2D eigenvalue weighted by Gasteiger charge is 2.10. The Morgan fingerprint density at radius 3 is 2.63 bits per heavy atom. The first-order chi connectivity index (χ1) is 13.2. The number of carbonyl (C=O) groups is 1. The van der Waals surface area contributed by atoms with Crippen LogP contribution in [-0.2, 0) is 17.6 Å². The summed E-state index contributed by atoms with van der Waals surface area (Å²) >= 11 is 0. The number of amides is 1. The van der Waals surface area contributed by atoms with Gasteiger partial charge >= 0.3 is 0 Å². The lowest BCUT2D eigenvalue weighted by Crippen LogP contribution is -2.25. The van der Waals surface area contributed by atoms with Crippen LogP contribution in [0, 0.1) is 6.92 Å². The molecule has 0 aliphatic rings. The van der Waals surface area contributed by atoms with Gasteiger partial charge in [0.2, 0.25) is 17.6 Å². The number of ether oxygens (including phenoxy) is 1. The SMILES string of the molecule is COc1ccc(CCC(=O)NCCc2nc(-c3ccccc3C)no2)cc1.